The van der Waals surface area contributed by atoms with Gasteiger partial charge in [0.15, 0.2) is 0 Å². The van der Waals surface area contributed by atoms with E-state index in [2.05, 4.69) is 142 Å². The molecule has 7 rings (SSSR count). The van der Waals surface area contributed by atoms with Crippen molar-refractivity contribution in [3.8, 4) is 0 Å². The van der Waals surface area contributed by atoms with Crippen LogP contribution in [0.25, 0.3) is 46.1 Å². The molecule has 42 heavy (non-hydrogen) atoms. The van der Waals surface area contributed by atoms with Crippen LogP contribution in [0.15, 0.2) is 84.9 Å². The van der Waals surface area contributed by atoms with E-state index in [4.69, 9.17) is 0 Å². The molecule has 2 aliphatic rings. The molecule has 0 amide bonds. The Labute approximate surface area is 249 Å². The summed E-state index contributed by atoms with van der Waals surface area (Å²) in [6, 6.07) is 31.1. The molecule has 0 unspecified atom stereocenters. The fourth-order valence-corrected chi connectivity index (χ4v) is 6.76. The molecule has 2 aliphatic heterocycles. The van der Waals surface area contributed by atoms with Gasteiger partial charge < -0.3 is 9.80 Å². The zero-order chi connectivity index (χ0) is 28.5. The van der Waals surface area contributed by atoms with Crippen molar-refractivity contribution >= 4 is 57.5 Å². The minimum Gasteiger partial charge on any atom is -0.371 e. The highest BCUT2D eigenvalue weighted by atomic mass is 15.2. The topological polar surface area (TPSA) is 14.2 Å². The van der Waals surface area contributed by atoms with E-state index in [9.17, 15) is 0 Å². The summed E-state index contributed by atoms with van der Waals surface area (Å²) in [5, 5.41) is 2.67. The van der Waals surface area contributed by atoms with Gasteiger partial charge in [-0.2, -0.15) is 9.13 Å². The summed E-state index contributed by atoms with van der Waals surface area (Å²) < 4.78 is 4.62. The van der Waals surface area contributed by atoms with Crippen LogP contribution in [0.2, 0.25) is 0 Å². The first-order chi connectivity index (χ1) is 20.7. The lowest BCUT2D eigenvalue weighted by Gasteiger charge is -2.19. The molecule has 2 saturated heterocycles. The van der Waals surface area contributed by atoms with E-state index in [-0.39, 0.29) is 0 Å². The normalized spacial score (nSPS) is 15.8. The van der Waals surface area contributed by atoms with Gasteiger partial charge in [0, 0.05) is 62.6 Å². The molecule has 4 heteroatoms. The number of rotatable bonds is 6. The molecule has 0 atom stereocenters. The van der Waals surface area contributed by atoms with E-state index >= 15 is 0 Å². The van der Waals surface area contributed by atoms with Crippen molar-refractivity contribution in [2.45, 2.75) is 25.7 Å². The highest BCUT2D eigenvalue weighted by Crippen LogP contribution is 2.30. The monoisotopic (exact) mass is 552 g/mol. The summed E-state index contributed by atoms with van der Waals surface area (Å²) in [4.78, 5) is 5.10. The maximum Gasteiger partial charge on any atom is 0.214 e. The fourth-order valence-electron chi connectivity index (χ4n) is 6.76. The predicted octanol–water partition coefficient (Wildman–Crippen LogP) is 7.18. The van der Waals surface area contributed by atoms with Gasteiger partial charge in [-0.3, -0.25) is 0 Å². The van der Waals surface area contributed by atoms with Crippen molar-refractivity contribution in [2.75, 3.05) is 36.0 Å². The van der Waals surface area contributed by atoms with Gasteiger partial charge >= 0.3 is 0 Å². The Hall–Kier alpha value is -4.44. The fraction of sp³-hybridized carbons (Fsp3) is 0.263. The van der Waals surface area contributed by atoms with Gasteiger partial charge in [0.05, 0.1) is 22.1 Å². The smallest absolute Gasteiger partial charge is 0.214 e. The number of hydrogen-bond donors (Lipinski definition) is 0. The molecule has 2 fully saturated rings. The van der Waals surface area contributed by atoms with Gasteiger partial charge in [0.1, 0.15) is 14.1 Å². The third-order valence-corrected chi connectivity index (χ3v) is 9.12. The van der Waals surface area contributed by atoms with Crippen LogP contribution in [0.3, 0.4) is 0 Å². The van der Waals surface area contributed by atoms with Crippen molar-refractivity contribution < 1.29 is 9.13 Å². The standard InChI is InChI=1S/C38H40N4/c1-39-31(27-37(41-22-7-8-23-41)33-14-3-5-16-35(33)39)20-18-29-12-11-13-30(26-29)19-21-32-28-38(42-24-9-10-25-42)34-15-4-6-17-36(34)40(32)2/h3-6,11-21,26-28H,7-10,22-25H2,1-2H3/q+2/b20-18+,21-19+. The molecular formula is C38H40N4+2. The average Bonchev–Trinajstić information content (AvgIpc) is 3.77. The molecular weight excluding hydrogens is 512 g/mol. The Morgan fingerprint density at radius 3 is 1.38 bits per heavy atom. The lowest BCUT2D eigenvalue weighted by Crippen LogP contribution is -2.34. The highest BCUT2D eigenvalue weighted by molar-refractivity contribution is 5.92. The summed E-state index contributed by atoms with van der Waals surface area (Å²) >= 11 is 0. The molecule has 0 N–H and O–H groups in total. The van der Waals surface area contributed by atoms with Crippen molar-refractivity contribution in [3.05, 3.63) is 107 Å². The highest BCUT2D eigenvalue weighted by Gasteiger charge is 2.22. The molecule has 2 aromatic heterocycles. The molecule has 0 radical (unpaired) electrons. The van der Waals surface area contributed by atoms with Gasteiger partial charge in [-0.25, -0.2) is 0 Å². The summed E-state index contributed by atoms with van der Waals surface area (Å²) in [5.41, 5.74) is 10.1. The molecule has 4 heterocycles. The third-order valence-electron chi connectivity index (χ3n) is 9.12. The number of fused-ring (bicyclic) bond motifs is 2. The first-order valence-electron chi connectivity index (χ1n) is 15.5. The van der Waals surface area contributed by atoms with Crippen LogP contribution in [0.4, 0.5) is 11.4 Å². The zero-order valence-electron chi connectivity index (χ0n) is 24.8. The Kier molecular flexibility index (Phi) is 7.21. The zero-order valence-corrected chi connectivity index (χ0v) is 24.8. The van der Waals surface area contributed by atoms with Gasteiger partial charge in [-0.15, -0.1) is 0 Å². The maximum absolute atomic E-state index is 2.55. The molecule has 4 nitrogen and oxygen atoms in total. The molecule has 5 aromatic rings. The number of aromatic nitrogens is 2. The molecule has 0 bridgehead atoms. The van der Waals surface area contributed by atoms with Crippen molar-refractivity contribution in [1.82, 2.24) is 0 Å². The van der Waals surface area contributed by atoms with Crippen molar-refractivity contribution in [1.29, 1.82) is 0 Å². The van der Waals surface area contributed by atoms with E-state index in [1.807, 2.05) is 0 Å². The van der Waals surface area contributed by atoms with Crippen molar-refractivity contribution in [2.24, 2.45) is 14.1 Å². The molecule has 0 saturated carbocycles. The van der Waals surface area contributed by atoms with Crippen LogP contribution < -0.4 is 18.9 Å². The summed E-state index contributed by atoms with van der Waals surface area (Å²) in [5.74, 6) is 0. The molecule has 0 spiro atoms. The second kappa shape index (κ2) is 11.4. The lowest BCUT2D eigenvalue weighted by atomic mass is 10.1. The Morgan fingerprint density at radius 2 is 0.929 bits per heavy atom. The van der Waals surface area contributed by atoms with Gasteiger partial charge in [-0.1, -0.05) is 42.5 Å². The second-order valence-corrected chi connectivity index (χ2v) is 11.8. The van der Waals surface area contributed by atoms with Crippen LogP contribution in [0, 0.1) is 0 Å². The van der Waals surface area contributed by atoms with Crippen LogP contribution in [-0.2, 0) is 14.1 Å². The van der Waals surface area contributed by atoms with E-state index < -0.39 is 0 Å². The number of hydrogen-bond acceptors (Lipinski definition) is 2. The van der Waals surface area contributed by atoms with Gasteiger partial charge in [0.2, 0.25) is 22.4 Å². The largest absolute Gasteiger partial charge is 0.371 e. The molecule has 0 aliphatic carbocycles. The Bertz CT molecular complexity index is 1690. The Morgan fingerprint density at radius 1 is 0.500 bits per heavy atom. The Balaban J connectivity index is 1.19. The van der Waals surface area contributed by atoms with Crippen LogP contribution in [-0.4, -0.2) is 26.2 Å². The first kappa shape index (κ1) is 26.5. The number of anilines is 2. The average molecular weight is 553 g/mol. The first-order valence-corrected chi connectivity index (χ1v) is 15.5. The van der Waals surface area contributed by atoms with Crippen molar-refractivity contribution in [3.63, 3.8) is 0 Å². The van der Waals surface area contributed by atoms with E-state index in [1.165, 1.54) is 81.4 Å². The minimum absolute atomic E-state index is 1.14. The summed E-state index contributed by atoms with van der Waals surface area (Å²) in [7, 11) is 4.35. The quantitative estimate of drug-likeness (QED) is 0.207. The SMILES string of the molecule is C[n+]1c(/C=C/c2cccc(/C=C/c3cc(N4CCCC4)c4ccccc4[n+]3C)c2)cc(N2CCCC2)c2ccccc21. The summed E-state index contributed by atoms with van der Waals surface area (Å²) in [6.07, 6.45) is 14.1. The molecule has 3 aromatic carbocycles. The van der Waals surface area contributed by atoms with Gasteiger partial charge in [0.25, 0.3) is 0 Å². The predicted molar refractivity (Wildman–Crippen MR) is 177 cm³/mol. The van der Waals surface area contributed by atoms with Crippen LogP contribution >= 0.6 is 0 Å². The van der Waals surface area contributed by atoms with Crippen LogP contribution in [0.1, 0.15) is 48.2 Å². The van der Waals surface area contributed by atoms with E-state index in [0.717, 1.165) is 26.2 Å². The van der Waals surface area contributed by atoms with Gasteiger partial charge in [-0.05, 0) is 67.2 Å². The van der Waals surface area contributed by atoms with Crippen LogP contribution in [0.5, 0.6) is 0 Å². The second-order valence-electron chi connectivity index (χ2n) is 11.8. The van der Waals surface area contributed by atoms with E-state index in [1.54, 1.807) is 0 Å². The number of para-hydroxylation sites is 2. The maximum atomic E-state index is 2.55. The summed E-state index contributed by atoms with van der Waals surface area (Å²) in [6.45, 7) is 4.57. The number of benzene rings is 3. The number of pyridine rings is 2. The molecule has 210 valence electrons. The van der Waals surface area contributed by atoms with E-state index in [0.29, 0.717) is 0 Å². The number of aryl methyl sites for hydroxylation is 2. The minimum atomic E-state index is 1.14. The third kappa shape index (κ3) is 5.07. The lowest BCUT2D eigenvalue weighted by molar-refractivity contribution is -0.646. The number of nitrogens with zero attached hydrogens (tertiary/aromatic N) is 4.